The number of rotatable bonds is 2. The summed E-state index contributed by atoms with van der Waals surface area (Å²) >= 11 is 3.21. The molecule has 7 heteroatoms. The van der Waals surface area contributed by atoms with Gasteiger partial charge in [0.2, 0.25) is 4.96 Å². The molecule has 0 saturated heterocycles. The fourth-order valence-corrected chi connectivity index (χ4v) is 3.42. The van der Waals surface area contributed by atoms with Gasteiger partial charge in [0.1, 0.15) is 0 Å². The average molecular weight is 285 g/mol. The molecule has 0 atom stereocenters. The van der Waals surface area contributed by atoms with Gasteiger partial charge < -0.3 is 0 Å². The van der Waals surface area contributed by atoms with Crippen molar-refractivity contribution in [2.75, 3.05) is 0 Å². The van der Waals surface area contributed by atoms with Crippen molar-refractivity contribution < 1.29 is 0 Å². The van der Waals surface area contributed by atoms with Crippen LogP contribution in [0.15, 0.2) is 42.0 Å². The van der Waals surface area contributed by atoms with Crippen LogP contribution in [-0.2, 0) is 0 Å². The largest absolute Gasteiger partial charge is 0.264 e. The quantitative estimate of drug-likeness (QED) is 0.568. The van der Waals surface area contributed by atoms with E-state index in [9.17, 15) is 0 Å². The summed E-state index contributed by atoms with van der Waals surface area (Å²) in [5.74, 6) is 0.724. The van der Waals surface area contributed by atoms with Crippen LogP contribution in [0.1, 0.15) is 0 Å². The molecule has 0 aliphatic carbocycles. The Morgan fingerprint density at radius 3 is 2.89 bits per heavy atom. The van der Waals surface area contributed by atoms with Crippen molar-refractivity contribution in [3.05, 3.63) is 42.0 Å². The second-order valence-electron chi connectivity index (χ2n) is 3.84. The fraction of sp³-hybridized carbons (Fsp3) is 0. The molecule has 0 saturated carbocycles. The maximum atomic E-state index is 4.58. The summed E-state index contributed by atoms with van der Waals surface area (Å²) in [5.41, 5.74) is 0.915. The van der Waals surface area contributed by atoms with E-state index in [1.807, 2.05) is 23.6 Å². The van der Waals surface area contributed by atoms with Gasteiger partial charge in [-0.3, -0.25) is 4.98 Å². The van der Waals surface area contributed by atoms with Crippen LogP contribution in [0.3, 0.4) is 0 Å². The Hall–Kier alpha value is -2.12. The summed E-state index contributed by atoms with van der Waals surface area (Å²) in [4.78, 5) is 6.04. The minimum atomic E-state index is 0.724. The van der Waals surface area contributed by atoms with Crippen molar-refractivity contribution in [3.63, 3.8) is 0 Å². The van der Waals surface area contributed by atoms with Crippen molar-refractivity contribution in [2.45, 2.75) is 0 Å². The van der Waals surface area contributed by atoms with Gasteiger partial charge >= 0.3 is 0 Å². The highest BCUT2D eigenvalue weighted by Gasteiger charge is 2.14. The Labute approximate surface area is 116 Å². The van der Waals surface area contributed by atoms with Gasteiger partial charge in [0.05, 0.1) is 4.88 Å². The molecular formula is C12H7N5S2. The standard InChI is InChI=1S/C12H7N5S2/c1-3-8(7-13-5-1)10-14-15-12-17(10)16-11(19-12)9-4-2-6-18-9/h1-7H. The molecule has 0 spiro atoms. The maximum absolute atomic E-state index is 4.58. The molecule has 4 heterocycles. The molecule has 0 aliphatic rings. The lowest BCUT2D eigenvalue weighted by Gasteiger charge is -1.94. The van der Waals surface area contributed by atoms with Crippen LogP contribution in [0.2, 0.25) is 0 Å². The van der Waals surface area contributed by atoms with Crippen LogP contribution in [0.25, 0.3) is 26.2 Å². The van der Waals surface area contributed by atoms with Crippen molar-refractivity contribution in [1.29, 1.82) is 0 Å². The smallest absolute Gasteiger partial charge is 0.235 e. The van der Waals surface area contributed by atoms with E-state index in [1.54, 1.807) is 28.2 Å². The normalized spacial score (nSPS) is 11.2. The Balaban J connectivity index is 1.90. The monoisotopic (exact) mass is 285 g/mol. The van der Waals surface area contributed by atoms with Crippen LogP contribution in [0, 0.1) is 0 Å². The van der Waals surface area contributed by atoms with Gasteiger partial charge in [0.15, 0.2) is 10.8 Å². The second kappa shape index (κ2) is 4.22. The summed E-state index contributed by atoms with van der Waals surface area (Å²) in [6.45, 7) is 0. The zero-order chi connectivity index (χ0) is 12.7. The topological polar surface area (TPSA) is 56.0 Å². The van der Waals surface area contributed by atoms with E-state index in [4.69, 9.17) is 0 Å². The van der Waals surface area contributed by atoms with Crippen molar-refractivity contribution >= 4 is 27.6 Å². The summed E-state index contributed by atoms with van der Waals surface area (Å²) in [7, 11) is 0. The lowest BCUT2D eigenvalue weighted by molar-refractivity contribution is 0.970. The van der Waals surface area contributed by atoms with Crippen LogP contribution in [-0.4, -0.2) is 24.8 Å². The highest BCUT2D eigenvalue weighted by Crippen LogP contribution is 2.30. The zero-order valence-electron chi connectivity index (χ0n) is 9.59. The molecule has 0 unspecified atom stereocenters. The summed E-state index contributed by atoms with van der Waals surface area (Å²) in [6, 6.07) is 7.90. The second-order valence-corrected chi connectivity index (χ2v) is 5.75. The summed E-state index contributed by atoms with van der Waals surface area (Å²) in [6.07, 6.45) is 3.50. The van der Waals surface area contributed by atoms with Crippen LogP contribution in [0.4, 0.5) is 0 Å². The van der Waals surface area contributed by atoms with Gasteiger partial charge in [-0.15, -0.1) is 21.5 Å². The van der Waals surface area contributed by atoms with E-state index < -0.39 is 0 Å². The number of fused-ring (bicyclic) bond motifs is 1. The molecule has 0 aromatic carbocycles. The SMILES string of the molecule is c1cncc(-c2nnc3sc(-c4cccs4)nn23)c1. The van der Waals surface area contributed by atoms with Gasteiger partial charge in [0.25, 0.3) is 0 Å². The third-order valence-electron chi connectivity index (χ3n) is 2.64. The number of aromatic nitrogens is 5. The van der Waals surface area contributed by atoms with E-state index in [0.717, 1.165) is 26.2 Å². The molecule has 0 aliphatic heterocycles. The van der Waals surface area contributed by atoms with Crippen LogP contribution in [0.5, 0.6) is 0 Å². The average Bonchev–Trinajstić information content (AvgIpc) is 3.15. The Kier molecular flexibility index (Phi) is 2.39. The third-order valence-corrected chi connectivity index (χ3v) is 4.58. The molecule has 0 radical (unpaired) electrons. The van der Waals surface area contributed by atoms with Crippen LogP contribution >= 0.6 is 22.7 Å². The van der Waals surface area contributed by atoms with Gasteiger partial charge in [0, 0.05) is 18.0 Å². The molecule has 4 rings (SSSR count). The van der Waals surface area contributed by atoms with Crippen molar-refractivity contribution in [1.82, 2.24) is 24.8 Å². The maximum Gasteiger partial charge on any atom is 0.235 e. The summed E-state index contributed by atoms with van der Waals surface area (Å²) in [5, 5.41) is 15.9. The Morgan fingerprint density at radius 2 is 2.11 bits per heavy atom. The number of thiophene rings is 1. The van der Waals surface area contributed by atoms with Crippen LogP contribution < -0.4 is 0 Å². The molecule has 5 nitrogen and oxygen atoms in total. The molecule has 0 bridgehead atoms. The first-order valence-electron chi connectivity index (χ1n) is 5.58. The van der Waals surface area contributed by atoms with E-state index in [0.29, 0.717) is 0 Å². The predicted octanol–water partition coefficient (Wildman–Crippen LogP) is 2.98. The van der Waals surface area contributed by atoms with E-state index in [1.165, 1.54) is 11.3 Å². The van der Waals surface area contributed by atoms with Crippen molar-refractivity contribution in [3.8, 4) is 21.3 Å². The fourth-order valence-electron chi connectivity index (χ4n) is 1.79. The minimum Gasteiger partial charge on any atom is -0.264 e. The molecule has 4 aromatic heterocycles. The number of hydrogen-bond acceptors (Lipinski definition) is 6. The third kappa shape index (κ3) is 1.74. The first-order valence-corrected chi connectivity index (χ1v) is 7.28. The molecule has 19 heavy (non-hydrogen) atoms. The first kappa shape index (κ1) is 10.8. The molecule has 92 valence electrons. The van der Waals surface area contributed by atoms with E-state index in [2.05, 4.69) is 26.3 Å². The Morgan fingerprint density at radius 1 is 1.11 bits per heavy atom. The summed E-state index contributed by atoms with van der Waals surface area (Å²) < 4.78 is 1.77. The molecule has 0 fully saturated rings. The molecule has 0 N–H and O–H groups in total. The minimum absolute atomic E-state index is 0.724. The number of nitrogens with zero attached hydrogens (tertiary/aromatic N) is 5. The molecule has 0 amide bonds. The number of pyridine rings is 1. The van der Waals surface area contributed by atoms with Gasteiger partial charge in [-0.25, -0.2) is 0 Å². The lowest BCUT2D eigenvalue weighted by atomic mass is 10.3. The first-order chi connectivity index (χ1) is 9.42. The Bertz CT molecular complexity index is 816. The number of hydrogen-bond donors (Lipinski definition) is 0. The lowest BCUT2D eigenvalue weighted by Crippen LogP contribution is -1.90. The van der Waals surface area contributed by atoms with Gasteiger partial charge in [-0.05, 0) is 23.6 Å². The van der Waals surface area contributed by atoms with Crippen molar-refractivity contribution in [2.24, 2.45) is 0 Å². The zero-order valence-corrected chi connectivity index (χ0v) is 11.2. The molecular weight excluding hydrogens is 278 g/mol. The van der Waals surface area contributed by atoms with Gasteiger partial charge in [-0.2, -0.15) is 9.61 Å². The highest BCUT2D eigenvalue weighted by atomic mass is 32.1. The highest BCUT2D eigenvalue weighted by molar-refractivity contribution is 7.23. The van der Waals surface area contributed by atoms with E-state index in [-0.39, 0.29) is 0 Å². The van der Waals surface area contributed by atoms with E-state index >= 15 is 0 Å². The van der Waals surface area contributed by atoms with Gasteiger partial charge in [-0.1, -0.05) is 17.4 Å². The molecule has 4 aromatic rings. The predicted molar refractivity (Wildman–Crippen MR) is 75.2 cm³/mol.